The molecule has 5 nitrogen and oxygen atoms in total. The Morgan fingerprint density at radius 1 is 1.29 bits per heavy atom. The van der Waals surface area contributed by atoms with Crippen molar-refractivity contribution in [3.63, 3.8) is 0 Å². The lowest BCUT2D eigenvalue weighted by atomic mass is 10.1. The first kappa shape index (κ1) is 15.6. The van der Waals surface area contributed by atoms with Crippen LogP contribution in [0, 0.1) is 6.92 Å². The van der Waals surface area contributed by atoms with E-state index in [1.54, 1.807) is 10.9 Å². The SMILES string of the molecule is Cc1c(C(C)NCc2cc(C(F)(F)F)nn2C)cnn1C. The Bertz CT molecular complexity index is 626. The minimum atomic E-state index is -4.42. The minimum Gasteiger partial charge on any atom is -0.304 e. The highest BCUT2D eigenvalue weighted by molar-refractivity contribution is 5.20. The number of rotatable bonds is 4. The molecule has 0 aliphatic heterocycles. The molecule has 8 heteroatoms. The number of hydrogen-bond donors (Lipinski definition) is 1. The quantitative estimate of drug-likeness (QED) is 0.943. The van der Waals surface area contributed by atoms with Crippen LogP contribution in [0.1, 0.15) is 35.6 Å². The molecule has 0 aromatic carbocycles. The van der Waals surface area contributed by atoms with Crippen molar-refractivity contribution < 1.29 is 13.2 Å². The van der Waals surface area contributed by atoms with Gasteiger partial charge in [0.2, 0.25) is 0 Å². The summed E-state index contributed by atoms with van der Waals surface area (Å²) < 4.78 is 40.8. The van der Waals surface area contributed by atoms with E-state index in [4.69, 9.17) is 0 Å². The van der Waals surface area contributed by atoms with Gasteiger partial charge in [-0.15, -0.1) is 0 Å². The summed E-state index contributed by atoms with van der Waals surface area (Å²) in [5.74, 6) is 0. The molecular weight excluding hydrogens is 283 g/mol. The molecule has 2 heterocycles. The van der Waals surface area contributed by atoms with Crippen LogP contribution < -0.4 is 5.32 Å². The minimum absolute atomic E-state index is 0.0112. The molecule has 21 heavy (non-hydrogen) atoms. The van der Waals surface area contributed by atoms with Crippen LogP contribution in [0.25, 0.3) is 0 Å². The predicted molar refractivity (Wildman–Crippen MR) is 71.4 cm³/mol. The van der Waals surface area contributed by atoms with E-state index in [2.05, 4.69) is 15.5 Å². The molecule has 1 N–H and O–H groups in total. The lowest BCUT2D eigenvalue weighted by Crippen LogP contribution is -2.20. The zero-order chi connectivity index (χ0) is 15.8. The van der Waals surface area contributed by atoms with E-state index >= 15 is 0 Å². The second kappa shape index (κ2) is 5.51. The van der Waals surface area contributed by atoms with Crippen LogP contribution in [-0.2, 0) is 26.8 Å². The molecule has 116 valence electrons. The van der Waals surface area contributed by atoms with Gasteiger partial charge < -0.3 is 5.32 Å². The normalized spacial score (nSPS) is 13.7. The third kappa shape index (κ3) is 3.26. The van der Waals surface area contributed by atoms with Gasteiger partial charge in [-0.05, 0) is 19.9 Å². The van der Waals surface area contributed by atoms with Crippen molar-refractivity contribution in [2.75, 3.05) is 0 Å². The molecule has 2 aromatic heterocycles. The number of aromatic nitrogens is 4. The second-order valence-electron chi connectivity index (χ2n) is 5.05. The highest BCUT2D eigenvalue weighted by atomic mass is 19.4. The summed E-state index contributed by atoms with van der Waals surface area (Å²) in [6.07, 6.45) is -2.65. The highest BCUT2D eigenvalue weighted by Gasteiger charge is 2.34. The molecular formula is C13H18F3N5. The van der Waals surface area contributed by atoms with Crippen molar-refractivity contribution in [2.45, 2.75) is 32.6 Å². The summed E-state index contributed by atoms with van der Waals surface area (Å²) in [5, 5.41) is 10.8. The maximum atomic E-state index is 12.6. The van der Waals surface area contributed by atoms with Gasteiger partial charge in [0.05, 0.1) is 11.9 Å². The van der Waals surface area contributed by atoms with Crippen LogP contribution >= 0.6 is 0 Å². The molecule has 0 fully saturated rings. The highest BCUT2D eigenvalue weighted by Crippen LogP contribution is 2.28. The molecule has 0 radical (unpaired) electrons. The fraction of sp³-hybridized carbons (Fsp3) is 0.538. The summed E-state index contributed by atoms with van der Waals surface area (Å²) in [6, 6.07) is 1.05. The first-order valence-electron chi connectivity index (χ1n) is 6.52. The lowest BCUT2D eigenvalue weighted by Gasteiger charge is -2.13. The van der Waals surface area contributed by atoms with Crippen LogP contribution in [0.5, 0.6) is 0 Å². The van der Waals surface area contributed by atoms with Crippen molar-refractivity contribution in [3.05, 3.63) is 34.9 Å². The standard InChI is InChI=1S/C13H18F3N5/c1-8(11-7-18-20(3)9(11)2)17-6-10-5-12(13(14,15)16)19-21(10)4/h5,7-8,17H,6H2,1-4H3. The Morgan fingerprint density at radius 2 is 1.95 bits per heavy atom. The molecule has 0 amide bonds. The molecule has 0 aliphatic carbocycles. The molecule has 0 saturated carbocycles. The molecule has 1 atom stereocenters. The van der Waals surface area contributed by atoms with Crippen molar-refractivity contribution >= 4 is 0 Å². The number of halogens is 3. The Morgan fingerprint density at radius 3 is 2.43 bits per heavy atom. The van der Waals surface area contributed by atoms with Gasteiger partial charge in [0.25, 0.3) is 0 Å². The van der Waals surface area contributed by atoms with E-state index in [1.807, 2.05) is 20.9 Å². The first-order valence-corrected chi connectivity index (χ1v) is 6.52. The molecule has 2 rings (SSSR count). The smallest absolute Gasteiger partial charge is 0.304 e. The Balaban J connectivity index is 2.06. The fourth-order valence-electron chi connectivity index (χ4n) is 2.12. The van der Waals surface area contributed by atoms with Gasteiger partial charge in [-0.3, -0.25) is 9.36 Å². The topological polar surface area (TPSA) is 47.7 Å². The molecule has 0 spiro atoms. The van der Waals surface area contributed by atoms with Gasteiger partial charge in [0.1, 0.15) is 0 Å². The molecule has 0 bridgehead atoms. The number of nitrogens with one attached hydrogen (secondary N) is 1. The average Bonchev–Trinajstić information content (AvgIpc) is 2.91. The molecule has 2 aromatic rings. The van der Waals surface area contributed by atoms with Gasteiger partial charge in [-0.2, -0.15) is 23.4 Å². The zero-order valence-corrected chi connectivity index (χ0v) is 12.4. The fourth-order valence-corrected chi connectivity index (χ4v) is 2.12. The number of nitrogens with zero attached hydrogens (tertiary/aromatic N) is 4. The average molecular weight is 301 g/mol. The summed E-state index contributed by atoms with van der Waals surface area (Å²) in [5.41, 5.74) is 1.66. The number of aryl methyl sites for hydroxylation is 2. The summed E-state index contributed by atoms with van der Waals surface area (Å²) in [4.78, 5) is 0. The summed E-state index contributed by atoms with van der Waals surface area (Å²) in [7, 11) is 3.36. The van der Waals surface area contributed by atoms with Crippen LogP contribution in [0.4, 0.5) is 13.2 Å². The van der Waals surface area contributed by atoms with Gasteiger partial charge in [0.15, 0.2) is 5.69 Å². The monoisotopic (exact) mass is 301 g/mol. The maximum Gasteiger partial charge on any atom is 0.435 e. The van der Waals surface area contributed by atoms with E-state index in [0.717, 1.165) is 17.3 Å². The Hall–Kier alpha value is -1.83. The second-order valence-corrected chi connectivity index (χ2v) is 5.05. The van der Waals surface area contributed by atoms with E-state index in [1.165, 1.54) is 11.7 Å². The third-order valence-electron chi connectivity index (χ3n) is 3.60. The van der Waals surface area contributed by atoms with E-state index < -0.39 is 11.9 Å². The van der Waals surface area contributed by atoms with Gasteiger partial charge in [-0.25, -0.2) is 0 Å². The first-order chi connectivity index (χ1) is 9.70. The van der Waals surface area contributed by atoms with Crippen LogP contribution in [-0.4, -0.2) is 19.6 Å². The van der Waals surface area contributed by atoms with E-state index in [-0.39, 0.29) is 6.04 Å². The van der Waals surface area contributed by atoms with E-state index in [0.29, 0.717) is 12.2 Å². The Labute approximate surface area is 120 Å². The van der Waals surface area contributed by atoms with Gasteiger partial charge in [-0.1, -0.05) is 0 Å². The molecule has 0 saturated heterocycles. The number of alkyl halides is 3. The predicted octanol–water partition coefficient (Wildman–Crippen LogP) is 2.33. The van der Waals surface area contributed by atoms with Crippen LogP contribution in [0.15, 0.2) is 12.3 Å². The summed E-state index contributed by atoms with van der Waals surface area (Å²) in [6.45, 7) is 4.20. The van der Waals surface area contributed by atoms with Gasteiger partial charge in [0, 0.05) is 37.9 Å². The number of hydrogen-bond acceptors (Lipinski definition) is 3. The zero-order valence-electron chi connectivity index (χ0n) is 12.4. The van der Waals surface area contributed by atoms with Crippen LogP contribution in [0.3, 0.4) is 0 Å². The van der Waals surface area contributed by atoms with Gasteiger partial charge >= 0.3 is 6.18 Å². The molecule has 1 unspecified atom stereocenters. The van der Waals surface area contributed by atoms with E-state index in [9.17, 15) is 13.2 Å². The van der Waals surface area contributed by atoms with Crippen molar-refractivity contribution in [2.24, 2.45) is 14.1 Å². The van der Waals surface area contributed by atoms with Crippen molar-refractivity contribution in [1.29, 1.82) is 0 Å². The largest absolute Gasteiger partial charge is 0.435 e. The molecule has 0 aliphatic rings. The third-order valence-corrected chi connectivity index (χ3v) is 3.60. The van der Waals surface area contributed by atoms with Crippen molar-refractivity contribution in [3.8, 4) is 0 Å². The maximum absolute atomic E-state index is 12.6. The summed E-state index contributed by atoms with van der Waals surface area (Å²) >= 11 is 0. The van der Waals surface area contributed by atoms with Crippen LogP contribution in [0.2, 0.25) is 0 Å². The van der Waals surface area contributed by atoms with Crippen molar-refractivity contribution in [1.82, 2.24) is 24.9 Å². The lowest BCUT2D eigenvalue weighted by molar-refractivity contribution is -0.141. The Kier molecular flexibility index (Phi) is 4.08.